The van der Waals surface area contributed by atoms with Gasteiger partial charge in [-0.25, -0.2) is 19.9 Å². The minimum Gasteiger partial charge on any atom is -0.354 e. The van der Waals surface area contributed by atoms with Gasteiger partial charge in [0.15, 0.2) is 0 Å². The number of rotatable bonds is 2. The molecule has 6 nitrogen and oxygen atoms in total. The predicted octanol–water partition coefficient (Wildman–Crippen LogP) is 9.36. The maximum Gasteiger partial charge on any atom is 0.116 e. The lowest BCUT2D eigenvalue weighted by Crippen LogP contribution is -2.27. The molecule has 0 saturated heterocycles. The molecule has 244 valence electrons. The summed E-state index contributed by atoms with van der Waals surface area (Å²) in [6.07, 6.45) is 7.13. The molecule has 0 radical (unpaired) electrons. The van der Waals surface area contributed by atoms with Gasteiger partial charge in [-0.1, -0.05) is 76.2 Å². The number of nitrogens with one attached hydrogen (secondary N) is 2. The molecule has 6 aromatic carbocycles. The molecule has 9 rings (SSSR count). The molecule has 1 aliphatic rings. The molecule has 2 N–H and O–H groups in total. The Bertz CT molecular complexity index is 2250. The van der Waals surface area contributed by atoms with Crippen LogP contribution in [0.4, 0.5) is 22.7 Å². The van der Waals surface area contributed by atoms with E-state index in [2.05, 4.69) is 145 Å². The molecule has 0 fully saturated rings. The van der Waals surface area contributed by atoms with Crippen LogP contribution in [0.15, 0.2) is 122 Å². The van der Waals surface area contributed by atoms with E-state index in [1.807, 2.05) is 12.4 Å². The van der Waals surface area contributed by atoms with Crippen LogP contribution in [0.1, 0.15) is 27.7 Å². The lowest BCUT2D eigenvalue weighted by Gasteiger charge is -2.33. The second kappa shape index (κ2) is 12.4. The molecule has 8 heteroatoms. The van der Waals surface area contributed by atoms with Crippen molar-refractivity contribution in [1.82, 2.24) is 19.9 Å². The first kappa shape index (κ1) is 31.0. The Morgan fingerprint density at radius 3 is 1.16 bits per heavy atom. The van der Waals surface area contributed by atoms with Crippen molar-refractivity contribution < 1.29 is 0 Å². The standard InChI is InChI=1S/C42H36N6P2/c1-25(2)49-39-17-29-11-7-5-9-27(29)13-35(39)47-36-14-28-10-6-8-12-30(28)18-40(36)50(26(3)4)42-20-34-32(22-44-24-46-34)16-38(42)48-37-15-31-21-43-23-45-33(31)19-41(37)49/h5-26,47-48H,1-4H3. The van der Waals surface area contributed by atoms with E-state index in [4.69, 9.17) is 9.97 Å². The number of benzene rings is 6. The van der Waals surface area contributed by atoms with Crippen LogP contribution in [-0.2, 0) is 0 Å². The summed E-state index contributed by atoms with van der Waals surface area (Å²) in [6, 6.07) is 36.1. The number of anilines is 4. The first-order valence-electron chi connectivity index (χ1n) is 17.1. The van der Waals surface area contributed by atoms with Crippen LogP contribution in [0.3, 0.4) is 0 Å². The van der Waals surface area contributed by atoms with E-state index in [9.17, 15) is 0 Å². The zero-order valence-electron chi connectivity index (χ0n) is 28.4. The zero-order valence-corrected chi connectivity index (χ0v) is 30.2. The summed E-state index contributed by atoms with van der Waals surface area (Å²) >= 11 is 0. The Labute approximate surface area is 293 Å². The third-order valence-corrected chi connectivity index (χ3v) is 15.2. The summed E-state index contributed by atoms with van der Waals surface area (Å²) < 4.78 is 0. The number of hydrogen-bond acceptors (Lipinski definition) is 6. The molecule has 8 aromatic rings. The molecule has 0 amide bonds. The molecule has 0 bridgehead atoms. The van der Waals surface area contributed by atoms with E-state index in [1.165, 1.54) is 42.8 Å². The van der Waals surface area contributed by atoms with Gasteiger partial charge in [-0.15, -0.1) is 0 Å². The molecule has 3 heterocycles. The van der Waals surface area contributed by atoms with Crippen molar-refractivity contribution in [1.29, 1.82) is 0 Å². The Kier molecular flexibility index (Phi) is 7.68. The minimum absolute atomic E-state index is 0.336. The Hall–Kier alpha value is -5.02. The van der Waals surface area contributed by atoms with E-state index in [0.717, 1.165) is 44.6 Å². The van der Waals surface area contributed by atoms with Crippen molar-refractivity contribution in [3.63, 3.8) is 0 Å². The van der Waals surface area contributed by atoms with Gasteiger partial charge in [0.05, 0.1) is 11.0 Å². The number of aromatic nitrogens is 4. The summed E-state index contributed by atoms with van der Waals surface area (Å²) in [4.78, 5) is 18.3. The summed E-state index contributed by atoms with van der Waals surface area (Å²) in [6.45, 7) is 9.40. The Morgan fingerprint density at radius 2 is 0.780 bits per heavy atom. The fraction of sp³-hybridized carbons (Fsp3) is 0.143. The molecule has 0 aliphatic carbocycles. The van der Waals surface area contributed by atoms with Crippen molar-refractivity contribution in [3.8, 4) is 0 Å². The topological polar surface area (TPSA) is 75.6 Å². The van der Waals surface area contributed by atoms with Crippen LogP contribution < -0.4 is 31.9 Å². The normalized spacial score (nSPS) is 15.9. The molecular formula is C42H36N6P2. The van der Waals surface area contributed by atoms with Gasteiger partial charge in [-0.05, 0) is 97.2 Å². The number of nitrogens with zero attached hydrogens (tertiary/aromatic N) is 4. The highest BCUT2D eigenvalue weighted by Gasteiger charge is 2.30. The SMILES string of the molecule is CC(C)P1c2cc3ccccc3cc2Nc2cc3ccccc3cc2P(C(C)C)c2cc3ncncc3cc2Nc2cc3cncnc3cc21. The largest absolute Gasteiger partial charge is 0.354 e. The molecule has 2 atom stereocenters. The highest BCUT2D eigenvalue weighted by atomic mass is 31.1. The first-order chi connectivity index (χ1) is 24.4. The fourth-order valence-corrected chi connectivity index (χ4v) is 12.7. The number of fused-ring (bicyclic) bond motifs is 8. The van der Waals surface area contributed by atoms with Crippen molar-refractivity contribution in [3.05, 3.63) is 122 Å². The minimum atomic E-state index is -0.878. The number of hydrogen-bond donors (Lipinski definition) is 2. The second-order valence-corrected chi connectivity index (χ2v) is 19.0. The van der Waals surface area contributed by atoms with Crippen molar-refractivity contribution in [2.24, 2.45) is 0 Å². The smallest absolute Gasteiger partial charge is 0.116 e. The van der Waals surface area contributed by atoms with Crippen LogP contribution in [-0.4, -0.2) is 31.3 Å². The summed E-state index contributed by atoms with van der Waals surface area (Å²) in [5.74, 6) is 0. The van der Waals surface area contributed by atoms with Crippen LogP contribution in [0.2, 0.25) is 0 Å². The summed E-state index contributed by atoms with van der Waals surface area (Å²) in [5.41, 5.74) is 7.04. The van der Waals surface area contributed by atoms with Gasteiger partial charge < -0.3 is 10.6 Å². The van der Waals surface area contributed by atoms with Gasteiger partial charge >= 0.3 is 0 Å². The van der Waals surface area contributed by atoms with Gasteiger partial charge in [0.1, 0.15) is 12.7 Å². The molecule has 2 aromatic heterocycles. The monoisotopic (exact) mass is 686 g/mol. The molecule has 50 heavy (non-hydrogen) atoms. The second-order valence-electron chi connectivity index (χ2n) is 13.5. The molecule has 0 spiro atoms. The maximum atomic E-state index is 4.74. The predicted molar refractivity (Wildman–Crippen MR) is 216 cm³/mol. The van der Waals surface area contributed by atoms with Crippen LogP contribution in [0.5, 0.6) is 0 Å². The Morgan fingerprint density at radius 1 is 0.440 bits per heavy atom. The fourth-order valence-electron chi connectivity index (χ4n) is 7.35. The van der Waals surface area contributed by atoms with Gasteiger partial charge in [-0.2, -0.15) is 0 Å². The first-order valence-corrected chi connectivity index (χ1v) is 19.9. The van der Waals surface area contributed by atoms with E-state index in [1.54, 1.807) is 12.7 Å². The van der Waals surface area contributed by atoms with Gasteiger partial charge in [0.2, 0.25) is 0 Å². The quantitative estimate of drug-likeness (QED) is 0.177. The van der Waals surface area contributed by atoms with Crippen LogP contribution in [0.25, 0.3) is 43.4 Å². The van der Waals surface area contributed by atoms with Crippen molar-refractivity contribution >= 4 is 103 Å². The molecular weight excluding hydrogens is 650 g/mol. The van der Waals surface area contributed by atoms with Gasteiger partial charge in [0, 0.05) is 67.1 Å². The maximum absolute atomic E-state index is 4.74. The van der Waals surface area contributed by atoms with Crippen molar-refractivity contribution in [2.75, 3.05) is 10.6 Å². The van der Waals surface area contributed by atoms with Crippen LogP contribution >= 0.6 is 15.8 Å². The average Bonchev–Trinajstić information content (AvgIpc) is 3.11. The van der Waals surface area contributed by atoms with E-state index < -0.39 is 15.8 Å². The summed E-state index contributed by atoms with van der Waals surface area (Å²) in [5, 5.41) is 20.3. The van der Waals surface area contributed by atoms with E-state index in [0.29, 0.717) is 11.3 Å². The van der Waals surface area contributed by atoms with Crippen molar-refractivity contribution in [2.45, 2.75) is 39.0 Å². The van der Waals surface area contributed by atoms with Gasteiger partial charge in [0.25, 0.3) is 0 Å². The highest BCUT2D eigenvalue weighted by Crippen LogP contribution is 2.49. The Balaban J connectivity index is 1.43. The van der Waals surface area contributed by atoms with Crippen LogP contribution in [0, 0.1) is 0 Å². The van der Waals surface area contributed by atoms with E-state index in [-0.39, 0.29) is 0 Å². The molecule has 0 saturated carbocycles. The molecule has 1 aliphatic heterocycles. The molecule has 2 unspecified atom stereocenters. The summed E-state index contributed by atoms with van der Waals surface area (Å²) in [7, 11) is -1.76. The third-order valence-electron chi connectivity index (χ3n) is 9.58. The zero-order chi connectivity index (χ0) is 33.9. The lowest BCUT2D eigenvalue weighted by molar-refractivity contribution is 1.10. The van der Waals surface area contributed by atoms with E-state index >= 15 is 0 Å². The average molecular weight is 687 g/mol. The van der Waals surface area contributed by atoms with Gasteiger partial charge in [-0.3, -0.25) is 0 Å². The lowest BCUT2D eigenvalue weighted by atomic mass is 10.1. The third kappa shape index (κ3) is 5.35. The highest BCUT2D eigenvalue weighted by molar-refractivity contribution is 7.74.